The van der Waals surface area contributed by atoms with Gasteiger partial charge >= 0.3 is 0 Å². The molecule has 0 unspecified atom stereocenters. The smallest absolute Gasteiger partial charge is 0.265 e. The fourth-order valence-corrected chi connectivity index (χ4v) is 5.43. The van der Waals surface area contributed by atoms with Gasteiger partial charge in [0.2, 0.25) is 0 Å². The number of fused-ring (bicyclic) bond motifs is 1. The summed E-state index contributed by atoms with van der Waals surface area (Å²) in [4.78, 5) is 37.8. The lowest BCUT2D eigenvalue weighted by molar-refractivity contribution is 0.0601. The highest BCUT2D eigenvalue weighted by molar-refractivity contribution is 7.21. The molecule has 1 fully saturated rings. The van der Waals surface area contributed by atoms with Crippen molar-refractivity contribution in [3.8, 4) is 5.75 Å². The molecule has 2 N–H and O–H groups in total. The van der Waals surface area contributed by atoms with Crippen LogP contribution < -0.4 is 10.5 Å². The van der Waals surface area contributed by atoms with Gasteiger partial charge in [0.05, 0.1) is 23.0 Å². The molecule has 0 saturated carbocycles. The molecule has 186 valence electrons. The van der Waals surface area contributed by atoms with Crippen LogP contribution in [-0.2, 0) is 0 Å². The number of ether oxygens (including phenoxy) is 1. The van der Waals surface area contributed by atoms with E-state index in [1.54, 1.807) is 14.1 Å². The number of piperidine rings is 1. The Kier molecular flexibility index (Phi) is 7.57. The fourth-order valence-electron chi connectivity index (χ4n) is 4.30. The van der Waals surface area contributed by atoms with Crippen LogP contribution in [-0.4, -0.2) is 79.4 Å². The number of carbonyl (C=O) groups is 2. The number of aromatic nitrogens is 1. The minimum absolute atomic E-state index is 0.0498. The number of rotatable bonds is 7. The number of pyridine rings is 1. The first-order valence-electron chi connectivity index (χ1n) is 11.9. The van der Waals surface area contributed by atoms with Gasteiger partial charge in [-0.2, -0.15) is 0 Å². The highest BCUT2D eigenvalue weighted by Crippen LogP contribution is 2.37. The number of likely N-dealkylation sites (N-methyl/N-ethyl adjacent to an activating group) is 1. The summed E-state index contributed by atoms with van der Waals surface area (Å²) in [6.07, 6.45) is 2.80. The summed E-state index contributed by atoms with van der Waals surface area (Å²) in [5.41, 5.74) is 8.12. The van der Waals surface area contributed by atoms with Crippen molar-refractivity contribution in [3.63, 3.8) is 0 Å². The van der Waals surface area contributed by atoms with Crippen LogP contribution in [0.4, 0.5) is 5.69 Å². The third kappa shape index (κ3) is 5.26. The summed E-state index contributed by atoms with van der Waals surface area (Å²) in [5.74, 6) is 0.420. The Hall–Kier alpha value is -3.17. The van der Waals surface area contributed by atoms with E-state index in [0.29, 0.717) is 35.0 Å². The SMILES string of the molecule is CN(C)CCOc1ccccc1C(=O)N1CCCC[C@@H]1c1ccc2c(N)c(C(=O)N(C)C)sc2n1. The number of hydrogen-bond acceptors (Lipinski definition) is 7. The quantitative estimate of drug-likeness (QED) is 0.535. The molecule has 0 radical (unpaired) electrons. The Morgan fingerprint density at radius 1 is 1.14 bits per heavy atom. The van der Waals surface area contributed by atoms with E-state index in [-0.39, 0.29) is 17.9 Å². The van der Waals surface area contributed by atoms with Gasteiger partial charge in [-0.15, -0.1) is 11.3 Å². The van der Waals surface area contributed by atoms with Crippen LogP contribution in [0, 0.1) is 0 Å². The van der Waals surface area contributed by atoms with Gasteiger partial charge in [0.15, 0.2) is 0 Å². The predicted octanol–water partition coefficient (Wildman–Crippen LogP) is 3.89. The molecule has 1 aliphatic rings. The number of anilines is 1. The second kappa shape index (κ2) is 10.6. The van der Waals surface area contributed by atoms with Gasteiger partial charge < -0.3 is 25.2 Å². The molecular formula is C26H33N5O3S. The maximum absolute atomic E-state index is 13.7. The number of benzene rings is 1. The number of nitrogen functional groups attached to an aromatic ring is 1. The Morgan fingerprint density at radius 3 is 2.66 bits per heavy atom. The van der Waals surface area contributed by atoms with Crippen LogP contribution in [0.15, 0.2) is 36.4 Å². The molecule has 1 saturated heterocycles. The number of likely N-dealkylation sites (tertiary alicyclic amines) is 1. The highest BCUT2D eigenvalue weighted by atomic mass is 32.1. The number of amides is 2. The lowest BCUT2D eigenvalue weighted by Gasteiger charge is -2.35. The monoisotopic (exact) mass is 495 g/mol. The Morgan fingerprint density at radius 2 is 1.91 bits per heavy atom. The molecular weight excluding hydrogens is 462 g/mol. The zero-order valence-corrected chi connectivity index (χ0v) is 21.6. The average molecular weight is 496 g/mol. The second-order valence-electron chi connectivity index (χ2n) is 9.29. The van der Waals surface area contributed by atoms with Crippen LogP contribution in [0.2, 0.25) is 0 Å². The molecule has 35 heavy (non-hydrogen) atoms. The average Bonchev–Trinajstić information content (AvgIpc) is 3.18. The lowest BCUT2D eigenvalue weighted by atomic mass is 9.97. The molecule has 0 aliphatic carbocycles. The van der Waals surface area contributed by atoms with Gasteiger partial charge in [-0.05, 0) is 57.6 Å². The second-order valence-corrected chi connectivity index (χ2v) is 10.3. The molecule has 2 amide bonds. The molecule has 8 nitrogen and oxygen atoms in total. The summed E-state index contributed by atoms with van der Waals surface area (Å²) in [6, 6.07) is 11.1. The number of nitrogens with two attached hydrogens (primary N) is 1. The molecule has 1 aromatic carbocycles. The van der Waals surface area contributed by atoms with E-state index in [9.17, 15) is 9.59 Å². The Balaban J connectivity index is 1.63. The minimum atomic E-state index is -0.146. The number of carbonyl (C=O) groups excluding carboxylic acids is 2. The van der Waals surface area contributed by atoms with E-state index in [1.165, 1.54) is 16.2 Å². The van der Waals surface area contributed by atoms with Crippen LogP contribution >= 0.6 is 11.3 Å². The van der Waals surface area contributed by atoms with E-state index in [0.717, 1.165) is 41.7 Å². The minimum Gasteiger partial charge on any atom is -0.491 e. The number of thiophene rings is 1. The molecule has 0 spiro atoms. The molecule has 3 aromatic rings. The largest absolute Gasteiger partial charge is 0.491 e. The van der Waals surface area contributed by atoms with Crippen LogP contribution in [0.5, 0.6) is 5.75 Å². The maximum Gasteiger partial charge on any atom is 0.265 e. The van der Waals surface area contributed by atoms with E-state index in [4.69, 9.17) is 15.5 Å². The summed E-state index contributed by atoms with van der Waals surface area (Å²) >= 11 is 1.30. The van der Waals surface area contributed by atoms with Crippen molar-refractivity contribution in [2.24, 2.45) is 0 Å². The van der Waals surface area contributed by atoms with Crippen LogP contribution in [0.25, 0.3) is 10.2 Å². The van der Waals surface area contributed by atoms with Crippen molar-refractivity contribution in [2.75, 3.05) is 53.6 Å². The molecule has 0 bridgehead atoms. The van der Waals surface area contributed by atoms with Crippen molar-refractivity contribution in [2.45, 2.75) is 25.3 Å². The first kappa shape index (κ1) is 24.9. The summed E-state index contributed by atoms with van der Waals surface area (Å²) in [7, 11) is 7.39. The normalized spacial score (nSPS) is 16.0. The van der Waals surface area contributed by atoms with Crippen LogP contribution in [0.3, 0.4) is 0 Å². The highest BCUT2D eigenvalue weighted by Gasteiger charge is 2.31. The van der Waals surface area contributed by atoms with Gasteiger partial charge in [0.25, 0.3) is 11.8 Å². The standard InChI is InChI=1S/C26H33N5O3S/c1-29(2)15-16-34-21-11-6-5-9-17(21)25(32)31-14-8-7-10-20(31)19-13-12-18-22(27)23(26(33)30(3)4)35-24(18)28-19/h5-6,9,11-13,20H,7-8,10,14-16,27H2,1-4H3/t20-/m1/s1. The third-order valence-electron chi connectivity index (χ3n) is 6.23. The number of hydrogen-bond donors (Lipinski definition) is 1. The van der Waals surface area contributed by atoms with Gasteiger partial charge in [-0.25, -0.2) is 4.98 Å². The maximum atomic E-state index is 13.7. The molecule has 9 heteroatoms. The van der Waals surface area contributed by atoms with Gasteiger partial charge in [-0.1, -0.05) is 12.1 Å². The van der Waals surface area contributed by atoms with Crippen molar-refractivity contribution in [1.82, 2.24) is 19.7 Å². The third-order valence-corrected chi connectivity index (χ3v) is 7.34. The van der Waals surface area contributed by atoms with E-state index in [1.807, 2.05) is 60.3 Å². The molecule has 1 atom stereocenters. The molecule has 1 aliphatic heterocycles. The van der Waals surface area contributed by atoms with Gasteiger partial charge in [0, 0.05) is 32.6 Å². The molecule has 4 rings (SSSR count). The number of para-hydroxylation sites is 1. The number of nitrogens with zero attached hydrogens (tertiary/aromatic N) is 4. The van der Waals surface area contributed by atoms with E-state index in [2.05, 4.69) is 0 Å². The van der Waals surface area contributed by atoms with Crippen LogP contribution in [0.1, 0.15) is 51.0 Å². The lowest BCUT2D eigenvalue weighted by Crippen LogP contribution is -2.39. The Bertz CT molecular complexity index is 1220. The van der Waals surface area contributed by atoms with Crippen molar-refractivity contribution >= 4 is 39.1 Å². The summed E-state index contributed by atoms with van der Waals surface area (Å²) in [6.45, 7) is 1.93. The predicted molar refractivity (Wildman–Crippen MR) is 140 cm³/mol. The topological polar surface area (TPSA) is 92.0 Å². The molecule has 2 aromatic heterocycles. The first-order valence-corrected chi connectivity index (χ1v) is 12.7. The molecule has 3 heterocycles. The summed E-state index contributed by atoms with van der Waals surface area (Å²) in [5, 5.41) is 0.775. The first-order chi connectivity index (χ1) is 16.8. The Labute approximate surface area is 210 Å². The van der Waals surface area contributed by atoms with Gasteiger partial charge in [0.1, 0.15) is 22.1 Å². The van der Waals surface area contributed by atoms with Crippen molar-refractivity contribution < 1.29 is 14.3 Å². The van der Waals surface area contributed by atoms with Crippen molar-refractivity contribution in [3.05, 3.63) is 52.5 Å². The zero-order chi connectivity index (χ0) is 25.1. The van der Waals surface area contributed by atoms with Gasteiger partial charge in [-0.3, -0.25) is 9.59 Å². The van der Waals surface area contributed by atoms with E-state index < -0.39 is 0 Å². The zero-order valence-electron chi connectivity index (χ0n) is 20.8. The van der Waals surface area contributed by atoms with Crippen molar-refractivity contribution in [1.29, 1.82) is 0 Å². The fraction of sp³-hybridized carbons (Fsp3) is 0.423. The summed E-state index contributed by atoms with van der Waals surface area (Å²) < 4.78 is 5.96. The van der Waals surface area contributed by atoms with E-state index >= 15 is 0 Å².